The van der Waals surface area contributed by atoms with Gasteiger partial charge in [0.2, 0.25) is 17.7 Å². The molecule has 0 aliphatic heterocycles. The molecular formula is C127H80N14O3. The van der Waals surface area contributed by atoms with E-state index in [2.05, 4.69) is 297 Å². The second-order valence-corrected chi connectivity index (χ2v) is 35.2. The van der Waals surface area contributed by atoms with Crippen LogP contribution in [0.1, 0.15) is 0 Å². The molecule has 144 heavy (non-hydrogen) atoms. The molecule has 11 heterocycles. The number of para-hydroxylation sites is 3. The fourth-order valence-corrected chi connectivity index (χ4v) is 19.5. The van der Waals surface area contributed by atoms with Crippen molar-refractivity contribution < 1.29 is 13.3 Å². The van der Waals surface area contributed by atoms with Crippen molar-refractivity contribution in [3.63, 3.8) is 0 Å². The SMILES string of the molecule is c1ccc(-c2ccc(-c3cc(-c4ccc(-n5c6ccccc6c6c7oc(-c8ccccc8)nc7ccc65)cc4)nc(-c4ccccc4)n3)cc2)cc1.c1ccc(-c2ccc(-c3nc(-c4ccccc4)nc(-c4ccc(-n5c6ccccc6c6c7oc(-c8ccccc8)nc7ccc65)cc4)n3)cc2)cc1.c1ccc(-c2nc3ccc4c(c5ccccc5n4-c4cc(-c5ccncc5)cc(-c5ccncc5)n4)c3o2)cc1. The van der Waals surface area contributed by atoms with E-state index in [0.29, 0.717) is 41.0 Å². The molecule has 17 heteroatoms. The minimum Gasteiger partial charge on any atom is -0.435 e. The number of oxazole rings is 3. The van der Waals surface area contributed by atoms with Crippen LogP contribution in [-0.2, 0) is 0 Å². The number of fused-ring (bicyclic) bond motifs is 15. The summed E-state index contributed by atoms with van der Waals surface area (Å²) in [5.74, 6) is 5.22. The van der Waals surface area contributed by atoms with Gasteiger partial charge in [0.15, 0.2) is 40.0 Å². The highest BCUT2D eigenvalue weighted by atomic mass is 16.4. The molecule has 676 valence electrons. The molecule has 0 bridgehead atoms. The Balaban J connectivity index is 0.000000111. The fraction of sp³-hybridized carbons (Fsp3) is 0. The van der Waals surface area contributed by atoms with Crippen molar-refractivity contribution in [1.82, 2.24) is 68.5 Å². The first-order chi connectivity index (χ1) is 71.4. The smallest absolute Gasteiger partial charge is 0.227 e. The van der Waals surface area contributed by atoms with Gasteiger partial charge in [-0.15, -0.1) is 0 Å². The molecule has 0 radical (unpaired) electrons. The van der Waals surface area contributed by atoms with Crippen molar-refractivity contribution in [2.45, 2.75) is 0 Å². The number of benzene rings is 17. The number of aromatic nitrogens is 14. The Morgan fingerprint density at radius 3 is 0.812 bits per heavy atom. The van der Waals surface area contributed by atoms with E-state index < -0.39 is 0 Å². The van der Waals surface area contributed by atoms with Crippen molar-refractivity contribution in [3.8, 4) is 164 Å². The summed E-state index contributed by atoms with van der Waals surface area (Å²) >= 11 is 0. The zero-order valence-corrected chi connectivity index (χ0v) is 77.2. The van der Waals surface area contributed by atoms with Crippen LogP contribution in [0, 0.1) is 0 Å². The highest BCUT2D eigenvalue weighted by Crippen LogP contribution is 2.45. The maximum Gasteiger partial charge on any atom is 0.227 e. The Hall–Kier alpha value is -19.9. The van der Waals surface area contributed by atoms with E-state index in [0.717, 1.165) is 205 Å². The number of rotatable bonds is 16. The van der Waals surface area contributed by atoms with E-state index in [4.69, 9.17) is 58.1 Å². The lowest BCUT2D eigenvalue weighted by Gasteiger charge is -2.12. The maximum atomic E-state index is 6.49. The predicted octanol–water partition coefficient (Wildman–Crippen LogP) is 31.6. The summed E-state index contributed by atoms with van der Waals surface area (Å²) in [7, 11) is 0. The van der Waals surface area contributed by atoms with Gasteiger partial charge in [-0.3, -0.25) is 14.5 Å². The monoisotopic (exact) mass is 1850 g/mol. The Morgan fingerprint density at radius 2 is 0.431 bits per heavy atom. The summed E-state index contributed by atoms with van der Waals surface area (Å²) in [6.07, 6.45) is 7.21. The van der Waals surface area contributed by atoms with Crippen LogP contribution >= 0.6 is 0 Å². The molecule has 0 atom stereocenters. The van der Waals surface area contributed by atoms with Gasteiger partial charge < -0.3 is 22.4 Å². The zero-order chi connectivity index (χ0) is 95.3. The third kappa shape index (κ3) is 15.8. The zero-order valence-electron chi connectivity index (χ0n) is 77.2. The summed E-state index contributed by atoms with van der Waals surface area (Å²) in [5.41, 5.74) is 32.3. The number of hydrogen-bond donors (Lipinski definition) is 0. The summed E-state index contributed by atoms with van der Waals surface area (Å²) in [6, 6.07) is 157. The molecule has 28 aromatic rings. The number of hydrogen-bond acceptors (Lipinski definition) is 14. The predicted molar refractivity (Wildman–Crippen MR) is 578 cm³/mol. The molecular weight excluding hydrogens is 1770 g/mol. The molecule has 0 aliphatic rings. The van der Waals surface area contributed by atoms with Gasteiger partial charge in [-0.25, -0.2) is 44.9 Å². The van der Waals surface area contributed by atoms with Crippen LogP contribution in [0.4, 0.5) is 0 Å². The fourth-order valence-electron chi connectivity index (χ4n) is 19.5. The molecule has 0 spiro atoms. The van der Waals surface area contributed by atoms with E-state index >= 15 is 0 Å². The van der Waals surface area contributed by atoms with E-state index in [9.17, 15) is 0 Å². The lowest BCUT2D eigenvalue weighted by atomic mass is 10.0. The second-order valence-electron chi connectivity index (χ2n) is 35.2. The van der Waals surface area contributed by atoms with Gasteiger partial charge >= 0.3 is 0 Å². The highest BCUT2D eigenvalue weighted by molar-refractivity contribution is 6.22. The maximum absolute atomic E-state index is 6.49. The van der Waals surface area contributed by atoms with Crippen LogP contribution < -0.4 is 0 Å². The third-order valence-electron chi connectivity index (χ3n) is 26.4. The van der Waals surface area contributed by atoms with Gasteiger partial charge in [0.25, 0.3) is 0 Å². The molecule has 17 nitrogen and oxygen atoms in total. The molecule has 11 aromatic heterocycles. The van der Waals surface area contributed by atoms with Crippen LogP contribution in [0.5, 0.6) is 0 Å². The number of pyridine rings is 3. The van der Waals surface area contributed by atoms with Crippen molar-refractivity contribution >= 4 is 98.7 Å². The Labute approximate surface area is 825 Å². The van der Waals surface area contributed by atoms with Gasteiger partial charge in [0, 0.05) is 108 Å². The lowest BCUT2D eigenvalue weighted by molar-refractivity contribution is 0.622. The third-order valence-corrected chi connectivity index (χ3v) is 26.4. The standard InChI is InChI=1S/C47H30N4O.C46H29N5O.C34H21N5O/c1-4-12-31(13-5-1)32-20-22-33(23-21-32)40-30-41(49-46(48-40)35-14-6-2-7-15-35)34-24-26-37(27-25-34)51-42-19-11-10-18-38(42)44-43(51)29-28-39-45(44)52-47(50-39)36-16-8-3-9-17-36;1-4-12-30(13-5-1)31-20-22-33(23-21-31)44-48-43(32-14-6-2-7-15-32)49-45(50-44)34-24-26-36(27-25-34)51-39-19-11-10-18-37(39)41-40(51)29-28-38-42(41)52-46(47-38)35-16-8-3-9-17-35;1-2-6-24(7-3-1)34-38-27-10-11-30-32(33(27)40-34)26-8-4-5-9-29(26)39(30)31-21-25(22-12-16-35-17-13-22)20-28(37-31)23-14-18-36-19-15-23/h1-30H;1-29H;1-21H. The highest BCUT2D eigenvalue weighted by Gasteiger charge is 2.26. The molecule has 28 rings (SSSR count). The minimum absolute atomic E-state index is 0.609. The second kappa shape index (κ2) is 36.5. The molecule has 0 N–H and O–H groups in total. The molecule has 0 fully saturated rings. The number of nitrogens with zero attached hydrogens (tertiary/aromatic N) is 14. The van der Waals surface area contributed by atoms with Crippen LogP contribution in [-0.4, -0.2) is 68.5 Å². The van der Waals surface area contributed by atoms with Gasteiger partial charge in [0.05, 0.1) is 66.3 Å². The molecule has 0 saturated heterocycles. The quantitative estimate of drug-likeness (QED) is 0.0886. The lowest BCUT2D eigenvalue weighted by Crippen LogP contribution is -2.00. The molecule has 17 aromatic carbocycles. The summed E-state index contributed by atoms with van der Waals surface area (Å²) in [6.45, 7) is 0. The van der Waals surface area contributed by atoms with Gasteiger partial charge in [0.1, 0.15) is 22.4 Å². The van der Waals surface area contributed by atoms with Gasteiger partial charge in [-0.1, -0.05) is 291 Å². The van der Waals surface area contributed by atoms with E-state index in [-0.39, 0.29) is 0 Å². The van der Waals surface area contributed by atoms with Gasteiger partial charge in [-0.2, -0.15) is 0 Å². The summed E-state index contributed by atoms with van der Waals surface area (Å²) < 4.78 is 26.2. The van der Waals surface area contributed by atoms with E-state index in [1.807, 2.05) is 200 Å². The minimum atomic E-state index is 0.609. The topological polar surface area (TPSA) is 196 Å². The van der Waals surface area contributed by atoms with Crippen molar-refractivity contribution in [2.24, 2.45) is 0 Å². The average Bonchev–Trinajstić information content (AvgIpc) is 1.53. The van der Waals surface area contributed by atoms with Crippen LogP contribution in [0.25, 0.3) is 263 Å². The largest absolute Gasteiger partial charge is 0.435 e. The summed E-state index contributed by atoms with van der Waals surface area (Å²) in [4.78, 5) is 53.2. The Kier molecular flexibility index (Phi) is 21.5. The van der Waals surface area contributed by atoms with Gasteiger partial charge in [-0.05, 0) is 203 Å². The van der Waals surface area contributed by atoms with Crippen molar-refractivity contribution in [3.05, 3.63) is 486 Å². The van der Waals surface area contributed by atoms with Crippen LogP contribution in [0.2, 0.25) is 0 Å². The first-order valence-electron chi connectivity index (χ1n) is 47.6. The molecule has 0 amide bonds. The summed E-state index contributed by atoms with van der Waals surface area (Å²) in [5, 5.41) is 6.42. The molecule has 0 unspecified atom stereocenters. The van der Waals surface area contributed by atoms with Crippen molar-refractivity contribution in [1.29, 1.82) is 0 Å². The molecule has 0 saturated carbocycles. The van der Waals surface area contributed by atoms with Crippen LogP contribution in [0.15, 0.2) is 499 Å². The van der Waals surface area contributed by atoms with E-state index in [1.165, 1.54) is 16.7 Å². The Bertz CT molecular complexity index is 9170. The Morgan fingerprint density at radius 1 is 0.167 bits per heavy atom. The molecule has 0 aliphatic carbocycles. The van der Waals surface area contributed by atoms with Crippen molar-refractivity contribution in [2.75, 3.05) is 0 Å². The average molecular weight is 1850 g/mol. The van der Waals surface area contributed by atoms with E-state index in [1.54, 1.807) is 12.4 Å². The van der Waals surface area contributed by atoms with Crippen LogP contribution in [0.3, 0.4) is 0 Å². The first-order valence-corrected chi connectivity index (χ1v) is 47.6. The normalized spacial score (nSPS) is 11.5. The first kappa shape index (κ1) is 84.6.